The van der Waals surface area contributed by atoms with Gasteiger partial charge < -0.3 is 10.1 Å². The quantitative estimate of drug-likeness (QED) is 0.614. The molecular formula is C21H14Cl2N2O2. The van der Waals surface area contributed by atoms with Crippen LogP contribution in [0.25, 0.3) is 11.1 Å². The standard InChI is InChI=1S/C21H14Cl2N2O2/c22-18-2-1-3-19(21(18)23)25-20(26)13-27-17-10-8-16(9-11-17)15-6-4-14(12-24)5-7-15/h1-11H,13H2,(H,25,26). The van der Waals surface area contributed by atoms with Crippen LogP contribution in [0.5, 0.6) is 5.75 Å². The number of anilines is 1. The average Bonchev–Trinajstić information content (AvgIpc) is 2.70. The van der Waals surface area contributed by atoms with E-state index in [0.717, 1.165) is 11.1 Å². The number of carbonyl (C=O) groups is 1. The summed E-state index contributed by atoms with van der Waals surface area (Å²) < 4.78 is 5.51. The number of ether oxygens (including phenoxy) is 1. The molecule has 4 nitrogen and oxygen atoms in total. The Morgan fingerprint density at radius 3 is 2.22 bits per heavy atom. The molecule has 0 unspecified atom stereocenters. The van der Waals surface area contributed by atoms with Crippen LogP contribution in [0.15, 0.2) is 66.7 Å². The molecule has 0 radical (unpaired) electrons. The number of hydrogen-bond acceptors (Lipinski definition) is 3. The Morgan fingerprint density at radius 2 is 1.59 bits per heavy atom. The largest absolute Gasteiger partial charge is 0.484 e. The lowest BCUT2D eigenvalue weighted by atomic mass is 10.0. The maximum atomic E-state index is 12.0. The second kappa shape index (κ2) is 8.59. The first-order chi connectivity index (χ1) is 13.1. The van der Waals surface area contributed by atoms with Gasteiger partial charge in [-0.1, -0.05) is 53.5 Å². The van der Waals surface area contributed by atoms with Crippen molar-refractivity contribution in [2.45, 2.75) is 0 Å². The van der Waals surface area contributed by atoms with Gasteiger partial charge in [-0.15, -0.1) is 0 Å². The molecule has 0 saturated heterocycles. The van der Waals surface area contributed by atoms with Crippen molar-refractivity contribution < 1.29 is 9.53 Å². The number of nitrogens with one attached hydrogen (secondary N) is 1. The maximum absolute atomic E-state index is 12.0. The lowest BCUT2D eigenvalue weighted by molar-refractivity contribution is -0.118. The third kappa shape index (κ3) is 4.79. The zero-order valence-corrected chi connectivity index (χ0v) is 15.6. The van der Waals surface area contributed by atoms with Gasteiger partial charge in [0.05, 0.1) is 27.4 Å². The van der Waals surface area contributed by atoms with Crippen molar-refractivity contribution in [2.75, 3.05) is 11.9 Å². The number of nitriles is 1. The lowest BCUT2D eigenvalue weighted by Gasteiger charge is -2.10. The van der Waals surface area contributed by atoms with E-state index in [0.29, 0.717) is 27.0 Å². The molecule has 0 atom stereocenters. The monoisotopic (exact) mass is 396 g/mol. The normalized spacial score (nSPS) is 10.1. The van der Waals surface area contributed by atoms with E-state index in [2.05, 4.69) is 11.4 Å². The highest BCUT2D eigenvalue weighted by Gasteiger charge is 2.09. The van der Waals surface area contributed by atoms with Gasteiger partial charge in [-0.05, 0) is 47.5 Å². The molecular weight excluding hydrogens is 383 g/mol. The number of halogens is 2. The van der Waals surface area contributed by atoms with Crippen LogP contribution < -0.4 is 10.1 Å². The van der Waals surface area contributed by atoms with Gasteiger partial charge in [0.15, 0.2) is 6.61 Å². The SMILES string of the molecule is N#Cc1ccc(-c2ccc(OCC(=O)Nc3cccc(Cl)c3Cl)cc2)cc1. The molecule has 0 saturated carbocycles. The highest BCUT2D eigenvalue weighted by atomic mass is 35.5. The molecule has 1 N–H and O–H groups in total. The van der Waals surface area contributed by atoms with Crippen LogP contribution in [0, 0.1) is 11.3 Å². The van der Waals surface area contributed by atoms with E-state index in [-0.39, 0.29) is 12.5 Å². The van der Waals surface area contributed by atoms with Crippen LogP contribution in [-0.2, 0) is 4.79 Å². The number of benzene rings is 3. The Balaban J connectivity index is 1.59. The van der Waals surface area contributed by atoms with Crippen LogP contribution in [0.2, 0.25) is 10.0 Å². The van der Waals surface area contributed by atoms with E-state index in [1.54, 1.807) is 42.5 Å². The zero-order valence-electron chi connectivity index (χ0n) is 14.1. The first-order valence-corrected chi connectivity index (χ1v) is 8.79. The molecule has 0 fully saturated rings. The smallest absolute Gasteiger partial charge is 0.262 e. The van der Waals surface area contributed by atoms with Crippen molar-refractivity contribution in [2.24, 2.45) is 0 Å². The van der Waals surface area contributed by atoms with E-state index < -0.39 is 0 Å². The molecule has 3 aromatic carbocycles. The molecule has 0 aromatic heterocycles. The fourth-order valence-corrected chi connectivity index (χ4v) is 2.76. The van der Waals surface area contributed by atoms with Gasteiger partial charge in [0.2, 0.25) is 0 Å². The topological polar surface area (TPSA) is 62.1 Å². The van der Waals surface area contributed by atoms with Crippen molar-refractivity contribution in [3.05, 3.63) is 82.3 Å². The third-order valence-electron chi connectivity index (χ3n) is 3.80. The van der Waals surface area contributed by atoms with Crippen LogP contribution in [0.3, 0.4) is 0 Å². The summed E-state index contributed by atoms with van der Waals surface area (Å²) in [5.41, 5.74) is 3.04. The summed E-state index contributed by atoms with van der Waals surface area (Å²) in [5, 5.41) is 12.2. The van der Waals surface area contributed by atoms with Crippen LogP contribution in [-0.4, -0.2) is 12.5 Å². The third-order valence-corrected chi connectivity index (χ3v) is 4.62. The van der Waals surface area contributed by atoms with Crippen molar-refractivity contribution in [3.63, 3.8) is 0 Å². The van der Waals surface area contributed by atoms with Crippen LogP contribution in [0.4, 0.5) is 5.69 Å². The van der Waals surface area contributed by atoms with Gasteiger partial charge in [-0.3, -0.25) is 4.79 Å². The second-order valence-electron chi connectivity index (χ2n) is 5.65. The van der Waals surface area contributed by atoms with E-state index in [9.17, 15) is 4.79 Å². The number of carbonyl (C=O) groups excluding carboxylic acids is 1. The predicted molar refractivity (Wildman–Crippen MR) is 107 cm³/mol. The molecule has 1 amide bonds. The van der Waals surface area contributed by atoms with Crippen molar-refractivity contribution in [1.82, 2.24) is 0 Å². The molecule has 3 aromatic rings. The lowest BCUT2D eigenvalue weighted by Crippen LogP contribution is -2.20. The molecule has 0 bridgehead atoms. The molecule has 0 aliphatic heterocycles. The molecule has 0 aliphatic carbocycles. The molecule has 0 heterocycles. The highest BCUT2D eigenvalue weighted by molar-refractivity contribution is 6.44. The summed E-state index contributed by atoms with van der Waals surface area (Å²) in [4.78, 5) is 12.0. The zero-order chi connectivity index (χ0) is 19.2. The fourth-order valence-electron chi connectivity index (χ4n) is 2.42. The minimum atomic E-state index is -0.338. The molecule has 6 heteroatoms. The molecule has 0 spiro atoms. The molecule has 0 aliphatic rings. The van der Waals surface area contributed by atoms with E-state index in [1.165, 1.54) is 0 Å². The minimum absolute atomic E-state index is 0.154. The summed E-state index contributed by atoms with van der Waals surface area (Å²) in [6, 6.07) is 21.8. The Hall–Kier alpha value is -3.00. The van der Waals surface area contributed by atoms with Gasteiger partial charge in [-0.2, -0.15) is 5.26 Å². The molecule has 134 valence electrons. The summed E-state index contributed by atoms with van der Waals surface area (Å²) >= 11 is 12.0. The van der Waals surface area contributed by atoms with Gasteiger partial charge in [0.1, 0.15) is 5.75 Å². The van der Waals surface area contributed by atoms with E-state index >= 15 is 0 Å². The number of nitrogens with zero attached hydrogens (tertiary/aromatic N) is 1. The predicted octanol–water partition coefficient (Wildman–Crippen LogP) is 5.55. The second-order valence-corrected chi connectivity index (χ2v) is 6.44. The Morgan fingerprint density at radius 1 is 0.963 bits per heavy atom. The summed E-state index contributed by atoms with van der Waals surface area (Å²) in [6.45, 7) is -0.154. The summed E-state index contributed by atoms with van der Waals surface area (Å²) in [6.07, 6.45) is 0. The van der Waals surface area contributed by atoms with E-state index in [4.69, 9.17) is 33.2 Å². The highest BCUT2D eigenvalue weighted by Crippen LogP contribution is 2.29. The van der Waals surface area contributed by atoms with E-state index in [1.807, 2.05) is 24.3 Å². The average molecular weight is 397 g/mol. The summed E-state index contributed by atoms with van der Waals surface area (Å²) in [5.74, 6) is 0.232. The van der Waals surface area contributed by atoms with Crippen molar-refractivity contribution >= 4 is 34.8 Å². The molecule has 27 heavy (non-hydrogen) atoms. The summed E-state index contributed by atoms with van der Waals surface area (Å²) in [7, 11) is 0. The number of amides is 1. The Labute approximate surface area is 166 Å². The van der Waals surface area contributed by atoms with Gasteiger partial charge in [0.25, 0.3) is 5.91 Å². The van der Waals surface area contributed by atoms with Crippen LogP contribution >= 0.6 is 23.2 Å². The van der Waals surface area contributed by atoms with Gasteiger partial charge in [0, 0.05) is 0 Å². The Kier molecular flexibility index (Phi) is 5.97. The van der Waals surface area contributed by atoms with Crippen molar-refractivity contribution in [1.29, 1.82) is 5.26 Å². The van der Waals surface area contributed by atoms with Gasteiger partial charge >= 0.3 is 0 Å². The maximum Gasteiger partial charge on any atom is 0.262 e. The number of rotatable bonds is 5. The first-order valence-electron chi connectivity index (χ1n) is 8.04. The van der Waals surface area contributed by atoms with Crippen molar-refractivity contribution in [3.8, 4) is 22.9 Å². The van der Waals surface area contributed by atoms with Crippen LogP contribution in [0.1, 0.15) is 5.56 Å². The minimum Gasteiger partial charge on any atom is -0.484 e. The molecule has 3 rings (SSSR count). The van der Waals surface area contributed by atoms with Gasteiger partial charge in [-0.25, -0.2) is 0 Å². The fraction of sp³-hybridized carbons (Fsp3) is 0.0476. The Bertz CT molecular complexity index is 994. The number of hydrogen-bond donors (Lipinski definition) is 1. The first kappa shape index (κ1) is 18.8.